The predicted molar refractivity (Wildman–Crippen MR) is 225 cm³/mol. The lowest BCUT2D eigenvalue weighted by atomic mass is 9.91. The number of pyridine rings is 1. The van der Waals surface area contributed by atoms with Gasteiger partial charge in [0.05, 0.1) is 29.7 Å². The second-order valence-electron chi connectivity index (χ2n) is 17.3. The van der Waals surface area contributed by atoms with Crippen LogP contribution in [0.25, 0.3) is 11.3 Å². The van der Waals surface area contributed by atoms with Crippen LogP contribution >= 0.6 is 0 Å². The highest BCUT2D eigenvalue weighted by molar-refractivity contribution is 5.82. The van der Waals surface area contributed by atoms with Gasteiger partial charge >= 0.3 is 6.18 Å². The fourth-order valence-electron chi connectivity index (χ4n) is 8.04. The largest absolute Gasteiger partial charge is 0.491 e. The fraction of sp³-hybridized carbons (Fsp3) is 0.511. The summed E-state index contributed by atoms with van der Waals surface area (Å²) in [6.45, 7) is 8.75. The average molecular weight is 850 g/mol. The van der Waals surface area contributed by atoms with Crippen LogP contribution in [0.2, 0.25) is 0 Å². The Morgan fingerprint density at radius 1 is 1.02 bits per heavy atom. The normalized spacial score (nSPS) is 20.0. The molecule has 0 saturated carbocycles. The van der Waals surface area contributed by atoms with Crippen molar-refractivity contribution in [3.05, 3.63) is 96.3 Å². The number of benzene rings is 2. The van der Waals surface area contributed by atoms with E-state index in [2.05, 4.69) is 27.5 Å². The highest BCUT2D eigenvalue weighted by Gasteiger charge is 2.43. The van der Waals surface area contributed by atoms with Gasteiger partial charge in [0.2, 0.25) is 17.7 Å². The van der Waals surface area contributed by atoms with Gasteiger partial charge < -0.3 is 34.5 Å². The molecule has 5 atom stereocenters. The van der Waals surface area contributed by atoms with E-state index in [4.69, 9.17) is 13.9 Å². The van der Waals surface area contributed by atoms with Gasteiger partial charge in [0.15, 0.2) is 5.76 Å². The Balaban J connectivity index is 1.16. The van der Waals surface area contributed by atoms with Crippen LogP contribution in [-0.2, 0) is 26.3 Å². The van der Waals surface area contributed by atoms with E-state index >= 15 is 0 Å². The maximum Gasteiger partial charge on any atom is 0.405 e. The van der Waals surface area contributed by atoms with Gasteiger partial charge in [0.25, 0.3) is 0 Å². The molecule has 2 aliphatic heterocycles. The number of hydrogen-bond donors (Lipinski definition) is 3. The molecule has 4 aromatic rings. The Hall–Kier alpha value is -5.03. The number of aliphatic hydroxyl groups excluding tert-OH is 1. The third-order valence-electron chi connectivity index (χ3n) is 11.5. The molecule has 2 aliphatic rings. The lowest BCUT2D eigenvalue weighted by Crippen LogP contribution is -2.63. The van der Waals surface area contributed by atoms with Crippen molar-refractivity contribution in [2.75, 3.05) is 58.3 Å². The van der Waals surface area contributed by atoms with Crippen LogP contribution in [0.15, 0.2) is 83.7 Å². The molecule has 0 radical (unpaired) electrons. The SMILES string of the molecule is C[C@H]1c2ccccc2OC[C@H]1OC(C)(C)NC(=O)[C@H](Cc1ccccc1)C[C@H](O)CN1CCN(C(C)(C)c2ncc(-c3cncc(N(C)C)c3)o2)C[C@H]1C(=O)NCC(F)(F)F. The first-order chi connectivity index (χ1) is 28.8. The molecule has 330 valence electrons. The number of ether oxygens (including phenoxy) is 2. The molecular weight excluding hydrogens is 792 g/mol. The van der Waals surface area contributed by atoms with Gasteiger partial charge in [-0.25, -0.2) is 4.98 Å². The number of hydrogen-bond acceptors (Lipinski definition) is 11. The lowest BCUT2D eigenvalue weighted by Gasteiger charge is -2.46. The molecule has 1 fully saturated rings. The molecule has 0 bridgehead atoms. The van der Waals surface area contributed by atoms with E-state index in [1.54, 1.807) is 37.3 Å². The maximum atomic E-state index is 14.1. The Morgan fingerprint density at radius 2 is 1.74 bits per heavy atom. The van der Waals surface area contributed by atoms with Gasteiger partial charge in [-0.2, -0.15) is 13.2 Å². The molecule has 13 nitrogen and oxygen atoms in total. The third-order valence-corrected chi connectivity index (χ3v) is 11.5. The van der Waals surface area contributed by atoms with Crippen LogP contribution in [0, 0.1) is 5.92 Å². The number of oxazole rings is 1. The Labute approximate surface area is 355 Å². The number of amides is 2. The van der Waals surface area contributed by atoms with E-state index in [0.29, 0.717) is 31.2 Å². The highest BCUT2D eigenvalue weighted by Crippen LogP contribution is 2.37. The molecule has 61 heavy (non-hydrogen) atoms. The number of carbonyl (C=O) groups excluding carboxylic acids is 2. The number of rotatable bonds is 16. The van der Waals surface area contributed by atoms with Gasteiger partial charge in [-0.05, 0) is 63.8 Å². The second kappa shape index (κ2) is 18.9. The van der Waals surface area contributed by atoms with Crippen LogP contribution in [0.1, 0.15) is 64.0 Å². The smallest absolute Gasteiger partial charge is 0.405 e. The topological polar surface area (TPSA) is 146 Å². The van der Waals surface area contributed by atoms with Crippen molar-refractivity contribution >= 4 is 17.5 Å². The first-order valence-corrected chi connectivity index (χ1v) is 20.7. The zero-order chi connectivity index (χ0) is 44.1. The van der Waals surface area contributed by atoms with Crippen LogP contribution in [0.4, 0.5) is 18.9 Å². The number of carbonyl (C=O) groups is 2. The summed E-state index contributed by atoms with van der Waals surface area (Å²) in [5, 5.41) is 16.8. The number of β-amino-alcohol motifs (C(OH)–C–C–N with tert-alkyl or cyclic N) is 1. The average Bonchev–Trinajstić information content (AvgIpc) is 3.73. The minimum Gasteiger partial charge on any atom is -0.491 e. The van der Waals surface area contributed by atoms with Gasteiger partial charge in [0.1, 0.15) is 36.8 Å². The zero-order valence-electron chi connectivity index (χ0n) is 35.9. The Kier molecular flexibility index (Phi) is 14.1. The van der Waals surface area contributed by atoms with Crippen LogP contribution < -0.4 is 20.3 Å². The number of aliphatic hydroxyl groups is 1. The van der Waals surface area contributed by atoms with Crippen molar-refractivity contribution in [3.63, 3.8) is 0 Å². The first kappa shape index (κ1) is 45.5. The molecule has 6 rings (SSSR count). The summed E-state index contributed by atoms with van der Waals surface area (Å²) in [7, 11) is 3.81. The number of nitrogens with one attached hydrogen (secondary N) is 2. The second-order valence-corrected chi connectivity index (χ2v) is 17.3. The monoisotopic (exact) mass is 849 g/mol. The van der Waals surface area contributed by atoms with E-state index in [1.807, 2.05) is 98.4 Å². The standard InChI is InChI=1S/C45H58F3N7O6/c1-29-35-15-11-12-16-37(35)59-27-39(29)61-44(4,5)52-40(57)31(19-30-13-9-8-10-14-30)21-34(56)25-54-17-18-55(26-36(54)41(58)51-28-45(46,47)48)43(2,3)42-50-24-38(60-42)32-20-33(53(6)7)23-49-22-32/h8-16,20,22-24,29,31,34,36,39,56H,17-19,21,25-28H2,1-7H3,(H,51,58)(H,52,57)/t29-,31+,34-,36-,39+/m0/s1. The number of piperazine rings is 1. The molecule has 3 N–H and O–H groups in total. The molecule has 0 unspecified atom stereocenters. The molecule has 4 heterocycles. The number of para-hydroxylation sites is 1. The number of halogens is 3. The summed E-state index contributed by atoms with van der Waals surface area (Å²) < 4.78 is 58.7. The molecular formula is C45H58F3N7O6. The summed E-state index contributed by atoms with van der Waals surface area (Å²) in [5.41, 5.74) is 1.52. The first-order valence-electron chi connectivity index (χ1n) is 20.7. The number of aromatic nitrogens is 2. The van der Waals surface area contributed by atoms with Gasteiger partial charge in [-0.1, -0.05) is 55.5 Å². The van der Waals surface area contributed by atoms with Crippen molar-refractivity contribution in [1.82, 2.24) is 30.4 Å². The number of alkyl halides is 3. The van der Waals surface area contributed by atoms with Crippen LogP contribution in [-0.4, -0.2) is 120 Å². The molecule has 0 spiro atoms. The van der Waals surface area contributed by atoms with Crippen LogP contribution in [0.5, 0.6) is 5.75 Å². The van der Waals surface area contributed by atoms with Crippen molar-refractivity contribution in [2.45, 2.75) is 89.1 Å². The van der Waals surface area contributed by atoms with Crippen LogP contribution in [0.3, 0.4) is 0 Å². The molecule has 2 aromatic heterocycles. The number of anilines is 1. The summed E-state index contributed by atoms with van der Waals surface area (Å²) in [5.74, 6) is -0.213. The third kappa shape index (κ3) is 11.7. The highest BCUT2D eigenvalue weighted by atomic mass is 19.4. The van der Waals surface area contributed by atoms with Crippen molar-refractivity contribution in [2.24, 2.45) is 5.92 Å². The van der Waals surface area contributed by atoms with E-state index < -0.39 is 48.0 Å². The van der Waals surface area contributed by atoms with E-state index in [-0.39, 0.29) is 44.0 Å². The number of fused-ring (bicyclic) bond motifs is 1. The lowest BCUT2D eigenvalue weighted by molar-refractivity contribution is -0.148. The van der Waals surface area contributed by atoms with Crippen molar-refractivity contribution in [3.8, 4) is 17.1 Å². The Morgan fingerprint density at radius 3 is 2.46 bits per heavy atom. The molecule has 1 saturated heterocycles. The maximum absolute atomic E-state index is 14.1. The summed E-state index contributed by atoms with van der Waals surface area (Å²) in [6.07, 6.45) is -0.755. The van der Waals surface area contributed by atoms with E-state index in [9.17, 15) is 27.9 Å². The van der Waals surface area contributed by atoms with Gasteiger partial charge in [-0.3, -0.25) is 24.4 Å². The molecule has 2 aromatic carbocycles. The minimum absolute atomic E-state index is 0.00616. The van der Waals surface area contributed by atoms with Gasteiger partial charge in [-0.15, -0.1) is 0 Å². The fourth-order valence-corrected chi connectivity index (χ4v) is 8.04. The summed E-state index contributed by atoms with van der Waals surface area (Å²) in [6, 6.07) is 18.1. The summed E-state index contributed by atoms with van der Waals surface area (Å²) in [4.78, 5) is 42.2. The molecule has 16 heteroatoms. The van der Waals surface area contributed by atoms with E-state index in [1.165, 1.54) is 0 Å². The molecule has 0 aliphatic carbocycles. The zero-order valence-corrected chi connectivity index (χ0v) is 35.9. The quantitative estimate of drug-likeness (QED) is 0.119. The Bertz CT molecular complexity index is 2100. The summed E-state index contributed by atoms with van der Waals surface area (Å²) >= 11 is 0. The van der Waals surface area contributed by atoms with Gasteiger partial charge in [0, 0.05) is 63.9 Å². The van der Waals surface area contributed by atoms with E-state index in [0.717, 1.165) is 28.1 Å². The number of nitrogens with zero attached hydrogens (tertiary/aromatic N) is 5. The van der Waals surface area contributed by atoms with Crippen molar-refractivity contribution in [1.29, 1.82) is 0 Å². The molecule has 2 amide bonds. The van der Waals surface area contributed by atoms with Crippen molar-refractivity contribution < 1.29 is 41.8 Å². The predicted octanol–water partition coefficient (Wildman–Crippen LogP) is 5.75. The minimum atomic E-state index is -4.62.